The van der Waals surface area contributed by atoms with Crippen LogP contribution in [-0.4, -0.2) is 29.4 Å². The number of amides is 3. The van der Waals surface area contributed by atoms with Gasteiger partial charge in [-0.1, -0.05) is 0 Å². The first kappa shape index (κ1) is 16.9. The predicted molar refractivity (Wildman–Crippen MR) is 85.7 cm³/mol. The van der Waals surface area contributed by atoms with E-state index in [-0.39, 0.29) is 18.1 Å². The summed E-state index contributed by atoms with van der Waals surface area (Å²) in [5, 5.41) is 5.10. The van der Waals surface area contributed by atoms with Crippen LogP contribution < -0.4 is 10.6 Å². The van der Waals surface area contributed by atoms with Crippen molar-refractivity contribution in [3.8, 4) is 0 Å². The minimum absolute atomic E-state index is 0.131. The molecule has 8 heteroatoms. The Bertz CT molecular complexity index is 765. The Labute approximate surface area is 142 Å². The van der Waals surface area contributed by atoms with Crippen LogP contribution in [-0.2, 0) is 11.3 Å². The molecule has 3 rings (SSSR count). The fraction of sp³-hybridized carbons (Fsp3) is 0.294. The van der Waals surface area contributed by atoms with E-state index in [9.17, 15) is 18.4 Å². The standard InChI is InChI=1S/C17H17F2N3O3/c18-11-5-6-14(13(19)9-11)21-17(24)22-7-1-4-15(22)16(23)20-10-12-3-2-8-25-12/h2-3,5-6,8-9,15H,1,4,7,10H2,(H,20,23)(H,21,24)/t15-/m0/s1. The Balaban J connectivity index is 1.61. The third kappa shape index (κ3) is 3.96. The van der Waals surface area contributed by atoms with E-state index in [0.29, 0.717) is 31.2 Å². The monoisotopic (exact) mass is 349 g/mol. The van der Waals surface area contributed by atoms with Crippen LogP contribution in [0.15, 0.2) is 41.0 Å². The molecule has 1 aliphatic rings. The predicted octanol–water partition coefficient (Wildman–Crippen LogP) is 2.87. The summed E-state index contributed by atoms with van der Waals surface area (Å²) in [6.07, 6.45) is 2.69. The molecule has 1 atom stereocenters. The molecular weight excluding hydrogens is 332 g/mol. The lowest BCUT2D eigenvalue weighted by atomic mass is 10.2. The van der Waals surface area contributed by atoms with Gasteiger partial charge in [-0.15, -0.1) is 0 Å². The summed E-state index contributed by atoms with van der Waals surface area (Å²) < 4.78 is 31.7. The number of urea groups is 1. The van der Waals surface area contributed by atoms with E-state index in [2.05, 4.69) is 10.6 Å². The minimum atomic E-state index is -0.869. The fourth-order valence-corrected chi connectivity index (χ4v) is 2.77. The lowest BCUT2D eigenvalue weighted by molar-refractivity contribution is -0.124. The van der Waals surface area contributed by atoms with Gasteiger partial charge in [0.05, 0.1) is 18.5 Å². The average Bonchev–Trinajstić information content (AvgIpc) is 3.26. The van der Waals surface area contributed by atoms with E-state index in [1.165, 1.54) is 11.2 Å². The van der Waals surface area contributed by atoms with Crippen LogP contribution in [0.1, 0.15) is 18.6 Å². The summed E-state index contributed by atoms with van der Waals surface area (Å²) in [6.45, 7) is 0.609. The Hall–Kier alpha value is -2.90. The van der Waals surface area contributed by atoms with E-state index in [1.807, 2.05) is 0 Å². The van der Waals surface area contributed by atoms with Gasteiger partial charge in [0, 0.05) is 12.6 Å². The lowest BCUT2D eigenvalue weighted by Gasteiger charge is -2.24. The van der Waals surface area contributed by atoms with E-state index in [1.54, 1.807) is 12.1 Å². The number of carbonyl (C=O) groups excluding carboxylic acids is 2. The molecular formula is C17H17F2N3O3. The first-order valence-electron chi connectivity index (χ1n) is 7.87. The van der Waals surface area contributed by atoms with Gasteiger partial charge in [0.2, 0.25) is 5.91 Å². The van der Waals surface area contributed by atoms with E-state index >= 15 is 0 Å². The fourth-order valence-electron chi connectivity index (χ4n) is 2.77. The van der Waals surface area contributed by atoms with Crippen LogP contribution in [0.25, 0.3) is 0 Å². The van der Waals surface area contributed by atoms with Crippen molar-refractivity contribution in [3.63, 3.8) is 0 Å². The molecule has 2 heterocycles. The second kappa shape index (κ2) is 7.33. The zero-order valence-electron chi connectivity index (χ0n) is 13.3. The molecule has 0 spiro atoms. The molecule has 1 aliphatic heterocycles. The minimum Gasteiger partial charge on any atom is -0.467 e. The Morgan fingerprint density at radius 3 is 2.84 bits per heavy atom. The molecule has 1 saturated heterocycles. The number of hydrogen-bond acceptors (Lipinski definition) is 3. The molecule has 1 aromatic carbocycles. The summed E-state index contributed by atoms with van der Waals surface area (Å²) in [5.41, 5.74) is -0.131. The number of furan rings is 1. The third-order valence-corrected chi connectivity index (χ3v) is 4.01. The topological polar surface area (TPSA) is 74.6 Å². The molecule has 0 unspecified atom stereocenters. The van der Waals surface area contributed by atoms with Gasteiger partial charge in [0.1, 0.15) is 23.4 Å². The number of anilines is 1. The maximum absolute atomic E-state index is 13.7. The Morgan fingerprint density at radius 2 is 2.12 bits per heavy atom. The number of nitrogens with zero attached hydrogens (tertiary/aromatic N) is 1. The maximum Gasteiger partial charge on any atom is 0.322 e. The molecule has 2 N–H and O–H groups in total. The zero-order valence-corrected chi connectivity index (χ0v) is 13.3. The number of hydrogen-bond donors (Lipinski definition) is 2. The number of nitrogens with one attached hydrogen (secondary N) is 2. The van der Waals surface area contributed by atoms with Crippen molar-refractivity contribution in [2.75, 3.05) is 11.9 Å². The van der Waals surface area contributed by atoms with Crippen LogP contribution in [0.3, 0.4) is 0 Å². The molecule has 3 amide bonds. The highest BCUT2D eigenvalue weighted by Gasteiger charge is 2.34. The van der Waals surface area contributed by atoms with Crippen LogP contribution in [0.4, 0.5) is 19.3 Å². The van der Waals surface area contributed by atoms with Crippen molar-refractivity contribution in [2.45, 2.75) is 25.4 Å². The molecule has 25 heavy (non-hydrogen) atoms. The van der Waals surface area contributed by atoms with Gasteiger partial charge < -0.3 is 20.0 Å². The van der Waals surface area contributed by atoms with Crippen LogP contribution >= 0.6 is 0 Å². The molecule has 6 nitrogen and oxygen atoms in total. The van der Waals surface area contributed by atoms with E-state index in [4.69, 9.17) is 4.42 Å². The first-order chi connectivity index (χ1) is 12.0. The number of likely N-dealkylation sites (tertiary alicyclic amines) is 1. The summed E-state index contributed by atoms with van der Waals surface area (Å²) in [6, 6.07) is 5.10. The largest absolute Gasteiger partial charge is 0.467 e. The van der Waals surface area contributed by atoms with Crippen molar-refractivity contribution in [3.05, 3.63) is 54.0 Å². The number of halogens is 2. The number of benzene rings is 1. The molecule has 2 aromatic rings. The van der Waals surface area contributed by atoms with Crippen LogP contribution in [0.2, 0.25) is 0 Å². The normalized spacial score (nSPS) is 16.7. The molecule has 0 bridgehead atoms. The molecule has 0 aliphatic carbocycles. The highest BCUT2D eigenvalue weighted by molar-refractivity contribution is 5.94. The van der Waals surface area contributed by atoms with Crippen LogP contribution in [0, 0.1) is 11.6 Å². The molecule has 1 aromatic heterocycles. The van der Waals surface area contributed by atoms with E-state index < -0.39 is 23.7 Å². The maximum atomic E-state index is 13.7. The quantitative estimate of drug-likeness (QED) is 0.891. The molecule has 132 valence electrons. The molecule has 0 radical (unpaired) electrons. The first-order valence-corrected chi connectivity index (χ1v) is 7.87. The van der Waals surface area contributed by atoms with Gasteiger partial charge in [-0.25, -0.2) is 13.6 Å². The van der Waals surface area contributed by atoms with Crippen molar-refractivity contribution >= 4 is 17.6 Å². The van der Waals surface area contributed by atoms with Gasteiger partial charge in [-0.2, -0.15) is 0 Å². The Kier molecular flexibility index (Phi) is 4.97. The molecule has 1 fully saturated rings. The summed E-state index contributed by atoms with van der Waals surface area (Å²) in [4.78, 5) is 26.0. The summed E-state index contributed by atoms with van der Waals surface area (Å²) in [5.74, 6) is -1.29. The average molecular weight is 349 g/mol. The summed E-state index contributed by atoms with van der Waals surface area (Å²) in [7, 11) is 0. The SMILES string of the molecule is O=C(NCc1ccco1)[C@@H]1CCCN1C(=O)Nc1ccc(F)cc1F. The van der Waals surface area contributed by atoms with Crippen molar-refractivity contribution in [1.82, 2.24) is 10.2 Å². The lowest BCUT2D eigenvalue weighted by Crippen LogP contribution is -2.47. The van der Waals surface area contributed by atoms with Crippen LogP contribution in [0.5, 0.6) is 0 Å². The number of rotatable bonds is 4. The van der Waals surface area contributed by atoms with Crippen molar-refractivity contribution in [1.29, 1.82) is 0 Å². The smallest absolute Gasteiger partial charge is 0.322 e. The highest BCUT2D eigenvalue weighted by Crippen LogP contribution is 2.21. The number of carbonyl (C=O) groups is 2. The van der Waals surface area contributed by atoms with Gasteiger partial charge in [0.25, 0.3) is 0 Å². The van der Waals surface area contributed by atoms with Crippen molar-refractivity contribution < 1.29 is 22.8 Å². The van der Waals surface area contributed by atoms with Gasteiger partial charge in [-0.3, -0.25) is 4.79 Å². The van der Waals surface area contributed by atoms with Gasteiger partial charge in [-0.05, 0) is 37.1 Å². The highest BCUT2D eigenvalue weighted by atomic mass is 19.1. The Morgan fingerprint density at radius 1 is 1.28 bits per heavy atom. The zero-order chi connectivity index (χ0) is 17.8. The van der Waals surface area contributed by atoms with E-state index in [0.717, 1.165) is 12.1 Å². The summed E-state index contributed by atoms with van der Waals surface area (Å²) >= 11 is 0. The molecule has 0 saturated carbocycles. The second-order valence-corrected chi connectivity index (χ2v) is 5.70. The van der Waals surface area contributed by atoms with Gasteiger partial charge in [0.15, 0.2) is 0 Å². The van der Waals surface area contributed by atoms with Crippen molar-refractivity contribution in [2.24, 2.45) is 0 Å². The second-order valence-electron chi connectivity index (χ2n) is 5.70. The van der Waals surface area contributed by atoms with Gasteiger partial charge >= 0.3 is 6.03 Å². The third-order valence-electron chi connectivity index (χ3n) is 4.01.